The van der Waals surface area contributed by atoms with E-state index in [1.165, 1.54) is 12.1 Å². The van der Waals surface area contributed by atoms with Gasteiger partial charge in [0.25, 0.3) is 5.91 Å². The molecule has 1 aromatic carbocycles. The maximum atomic E-state index is 13.1. The first kappa shape index (κ1) is 16.2. The molecule has 2 amide bonds. The van der Waals surface area contributed by atoms with E-state index in [4.69, 9.17) is 0 Å². The van der Waals surface area contributed by atoms with Gasteiger partial charge in [-0.15, -0.1) is 0 Å². The molecule has 2 N–H and O–H groups in total. The number of nitrogens with one attached hydrogen (secondary N) is 2. The predicted molar refractivity (Wildman–Crippen MR) is 82.0 cm³/mol. The van der Waals surface area contributed by atoms with Crippen LogP contribution < -0.4 is 10.2 Å². The number of allylic oxidation sites excluding steroid dienone is 1. The summed E-state index contributed by atoms with van der Waals surface area (Å²) in [5.74, 6) is -0.499. The summed E-state index contributed by atoms with van der Waals surface area (Å²) >= 11 is 0. The van der Waals surface area contributed by atoms with Gasteiger partial charge in [0.15, 0.2) is 6.54 Å². The van der Waals surface area contributed by atoms with Crippen molar-refractivity contribution in [2.45, 2.75) is 6.92 Å². The quantitative estimate of drug-likeness (QED) is 0.774. The van der Waals surface area contributed by atoms with E-state index in [0.717, 1.165) is 18.0 Å². The van der Waals surface area contributed by atoms with Crippen molar-refractivity contribution in [3.8, 4) is 0 Å². The summed E-state index contributed by atoms with van der Waals surface area (Å²) in [6.45, 7) is 4.90. The highest BCUT2D eigenvalue weighted by molar-refractivity contribution is 5.91. The molecule has 0 unspecified atom stereocenters. The molecular weight excluding hydrogens is 285 g/mol. The summed E-state index contributed by atoms with van der Waals surface area (Å²) < 4.78 is 13.1. The molecule has 0 aliphatic carbocycles. The number of amides is 2. The Morgan fingerprint density at radius 1 is 1.36 bits per heavy atom. The van der Waals surface area contributed by atoms with Gasteiger partial charge in [0, 0.05) is 5.69 Å². The summed E-state index contributed by atoms with van der Waals surface area (Å²) in [6.07, 6.45) is 3.29. The van der Waals surface area contributed by atoms with Crippen LogP contribution in [0.5, 0.6) is 0 Å². The van der Waals surface area contributed by atoms with Crippen LogP contribution >= 0.6 is 0 Å². The van der Waals surface area contributed by atoms with Crippen LogP contribution in [0.1, 0.15) is 6.92 Å². The van der Waals surface area contributed by atoms with Crippen LogP contribution in [0, 0.1) is 5.82 Å². The van der Waals surface area contributed by atoms with Crippen LogP contribution in [0.3, 0.4) is 0 Å². The number of carbonyl (C=O) groups is 2. The zero-order valence-electron chi connectivity index (χ0n) is 12.6. The molecule has 0 spiro atoms. The third-order valence-electron chi connectivity index (χ3n) is 3.61. The molecule has 1 aliphatic heterocycles. The minimum Gasteiger partial charge on any atom is -0.328 e. The highest BCUT2D eigenvalue weighted by Crippen LogP contribution is 2.08. The summed E-state index contributed by atoms with van der Waals surface area (Å²) in [5, 5.41) is 2.69. The van der Waals surface area contributed by atoms with E-state index in [1.54, 1.807) is 29.2 Å². The van der Waals surface area contributed by atoms with Gasteiger partial charge < -0.3 is 15.1 Å². The van der Waals surface area contributed by atoms with Crippen molar-refractivity contribution < 1.29 is 18.9 Å². The number of halogens is 1. The summed E-state index contributed by atoms with van der Waals surface area (Å²) in [5.41, 5.74) is 0.464. The van der Waals surface area contributed by atoms with E-state index >= 15 is 0 Å². The summed E-state index contributed by atoms with van der Waals surface area (Å²) in [6, 6.07) is 5.84. The van der Waals surface area contributed by atoms with Gasteiger partial charge in [-0.1, -0.05) is 12.1 Å². The Morgan fingerprint density at radius 3 is 2.73 bits per heavy atom. The topological polar surface area (TPSA) is 53.9 Å². The normalized spacial score (nSPS) is 16.0. The Bertz CT molecular complexity index is 566. The molecule has 0 radical (unpaired) electrons. The van der Waals surface area contributed by atoms with Gasteiger partial charge in [0.05, 0.1) is 26.2 Å². The molecule has 2 rings (SSSR count). The van der Waals surface area contributed by atoms with E-state index in [2.05, 4.69) is 5.32 Å². The number of hydrogen-bond acceptors (Lipinski definition) is 2. The molecule has 118 valence electrons. The third kappa shape index (κ3) is 4.66. The average molecular weight is 306 g/mol. The molecule has 5 nitrogen and oxygen atoms in total. The molecule has 1 fully saturated rings. The average Bonchev–Trinajstić information content (AvgIpc) is 2.48. The molecule has 22 heavy (non-hydrogen) atoms. The largest absolute Gasteiger partial charge is 0.328 e. The van der Waals surface area contributed by atoms with Crippen molar-refractivity contribution in [3.63, 3.8) is 0 Å². The zero-order chi connectivity index (χ0) is 15.9. The molecule has 1 aliphatic rings. The molecule has 1 heterocycles. The number of hydrogen-bond donors (Lipinski definition) is 2. The summed E-state index contributed by atoms with van der Waals surface area (Å²) in [7, 11) is 0. The Morgan fingerprint density at radius 2 is 2.09 bits per heavy atom. The number of carbonyl (C=O) groups excluding carboxylic acids is 2. The van der Waals surface area contributed by atoms with Crippen molar-refractivity contribution in [2.75, 3.05) is 38.0 Å². The van der Waals surface area contributed by atoms with E-state index in [9.17, 15) is 14.0 Å². The van der Waals surface area contributed by atoms with Crippen molar-refractivity contribution in [1.82, 2.24) is 4.90 Å². The third-order valence-corrected chi connectivity index (χ3v) is 3.61. The van der Waals surface area contributed by atoms with E-state index < -0.39 is 0 Å². The number of benzene rings is 1. The second-order valence-electron chi connectivity index (χ2n) is 5.31. The molecule has 6 heteroatoms. The fraction of sp³-hybridized carbons (Fsp3) is 0.375. The smallest absolute Gasteiger partial charge is 0.279 e. The first-order valence-electron chi connectivity index (χ1n) is 7.39. The second-order valence-corrected chi connectivity index (χ2v) is 5.31. The first-order valence-corrected chi connectivity index (χ1v) is 7.39. The van der Waals surface area contributed by atoms with Crippen molar-refractivity contribution >= 4 is 17.5 Å². The van der Waals surface area contributed by atoms with Crippen molar-refractivity contribution in [2.24, 2.45) is 0 Å². The first-order chi connectivity index (χ1) is 10.6. The molecular formula is C16H21FN3O2+. The minimum atomic E-state index is -0.374. The zero-order valence-corrected chi connectivity index (χ0v) is 12.6. The maximum absolute atomic E-state index is 13.1. The number of quaternary nitrogens is 1. The number of nitrogens with zero attached hydrogens (tertiary/aromatic N) is 1. The van der Waals surface area contributed by atoms with Gasteiger partial charge in [-0.3, -0.25) is 9.59 Å². The molecule has 1 aromatic rings. The van der Waals surface area contributed by atoms with E-state index in [-0.39, 0.29) is 17.6 Å². The van der Waals surface area contributed by atoms with Gasteiger partial charge in [-0.2, -0.15) is 0 Å². The van der Waals surface area contributed by atoms with Crippen LogP contribution in [-0.2, 0) is 9.59 Å². The van der Waals surface area contributed by atoms with Crippen molar-refractivity contribution in [3.05, 3.63) is 42.2 Å². The highest BCUT2D eigenvalue weighted by Gasteiger charge is 2.24. The van der Waals surface area contributed by atoms with Gasteiger partial charge in [-0.25, -0.2) is 4.39 Å². The van der Waals surface area contributed by atoms with Crippen LogP contribution in [0.2, 0.25) is 0 Å². The van der Waals surface area contributed by atoms with Crippen LogP contribution in [0.15, 0.2) is 36.4 Å². The monoisotopic (exact) mass is 306 g/mol. The van der Waals surface area contributed by atoms with Gasteiger partial charge in [0.2, 0.25) is 5.91 Å². The van der Waals surface area contributed by atoms with Gasteiger partial charge >= 0.3 is 0 Å². The fourth-order valence-electron chi connectivity index (χ4n) is 2.47. The van der Waals surface area contributed by atoms with Crippen LogP contribution in [0.4, 0.5) is 10.1 Å². The fourth-order valence-corrected chi connectivity index (χ4v) is 2.47. The lowest BCUT2D eigenvalue weighted by atomic mass is 10.3. The van der Waals surface area contributed by atoms with Gasteiger partial charge in [-0.05, 0) is 31.2 Å². The van der Waals surface area contributed by atoms with Gasteiger partial charge in [0.1, 0.15) is 5.82 Å². The number of rotatable bonds is 4. The SMILES string of the molecule is C/C=C/C(=O)N1CC[NH+](CC(=O)Nc2cccc(F)c2)CC1. The Hall–Kier alpha value is -2.21. The van der Waals surface area contributed by atoms with E-state index in [1.807, 2.05) is 6.92 Å². The predicted octanol–water partition coefficient (Wildman–Crippen LogP) is 0.0674. The standard InChI is InChI=1S/C16H20FN3O2/c1-2-4-16(22)20-9-7-19(8-10-20)12-15(21)18-14-6-3-5-13(17)11-14/h2-6,11H,7-10,12H2,1H3,(H,18,21)/p+1/b4-2+. The molecule has 0 atom stereocenters. The van der Waals surface area contributed by atoms with Crippen molar-refractivity contribution in [1.29, 1.82) is 0 Å². The lowest BCUT2D eigenvalue weighted by Gasteiger charge is -2.31. The molecule has 1 saturated heterocycles. The maximum Gasteiger partial charge on any atom is 0.279 e. The molecule has 0 aromatic heterocycles. The number of piperazine rings is 1. The molecule has 0 saturated carbocycles. The Labute approximate surface area is 129 Å². The second kappa shape index (κ2) is 7.70. The summed E-state index contributed by atoms with van der Waals surface area (Å²) in [4.78, 5) is 26.6. The van der Waals surface area contributed by atoms with Crippen LogP contribution in [0.25, 0.3) is 0 Å². The molecule has 0 bridgehead atoms. The van der Waals surface area contributed by atoms with Crippen LogP contribution in [-0.4, -0.2) is 49.4 Å². The highest BCUT2D eigenvalue weighted by atomic mass is 19.1. The lowest BCUT2D eigenvalue weighted by Crippen LogP contribution is -3.15. The lowest BCUT2D eigenvalue weighted by molar-refractivity contribution is -0.895. The van der Waals surface area contributed by atoms with E-state index in [0.29, 0.717) is 25.3 Å². The minimum absolute atomic E-state index is 0.0192. The number of anilines is 1. The Kier molecular flexibility index (Phi) is 5.66. The Balaban J connectivity index is 1.78.